The second kappa shape index (κ2) is 6.29. The van der Waals surface area contributed by atoms with E-state index in [1.165, 1.54) is 12.1 Å². The standard InChI is InChI=1S/C13H16BrFN2O/c14-12-4-3-11(15)6-10(12)8-17-13(18)9-2-1-5-16-7-9/h3-4,6,9,16H,1-2,5,7-8H2,(H,17,18). The van der Waals surface area contributed by atoms with E-state index in [1.54, 1.807) is 6.07 Å². The van der Waals surface area contributed by atoms with Crippen LogP contribution in [0.1, 0.15) is 18.4 Å². The van der Waals surface area contributed by atoms with Crippen molar-refractivity contribution in [3.63, 3.8) is 0 Å². The third-order valence-corrected chi connectivity index (χ3v) is 3.90. The molecule has 1 aromatic rings. The summed E-state index contributed by atoms with van der Waals surface area (Å²) in [5, 5.41) is 6.07. The SMILES string of the molecule is O=C(NCc1cc(F)ccc1Br)C1CCCNC1. The van der Waals surface area contributed by atoms with Gasteiger partial charge in [0.1, 0.15) is 5.82 Å². The number of halogens is 2. The molecule has 3 nitrogen and oxygen atoms in total. The molecule has 98 valence electrons. The van der Waals surface area contributed by atoms with E-state index in [9.17, 15) is 9.18 Å². The lowest BCUT2D eigenvalue weighted by molar-refractivity contribution is -0.125. The summed E-state index contributed by atoms with van der Waals surface area (Å²) >= 11 is 3.35. The van der Waals surface area contributed by atoms with Crippen LogP contribution < -0.4 is 10.6 Å². The van der Waals surface area contributed by atoms with Gasteiger partial charge in [-0.3, -0.25) is 4.79 Å². The number of carbonyl (C=O) groups excluding carboxylic acids is 1. The van der Waals surface area contributed by atoms with Crippen molar-refractivity contribution in [3.05, 3.63) is 34.1 Å². The average Bonchev–Trinajstić information content (AvgIpc) is 2.40. The maximum Gasteiger partial charge on any atom is 0.224 e. The van der Waals surface area contributed by atoms with Gasteiger partial charge < -0.3 is 10.6 Å². The van der Waals surface area contributed by atoms with Crippen molar-refractivity contribution >= 4 is 21.8 Å². The minimum absolute atomic E-state index is 0.0334. The Morgan fingerprint density at radius 3 is 3.11 bits per heavy atom. The second-order valence-electron chi connectivity index (χ2n) is 4.50. The Bertz CT molecular complexity index is 433. The molecule has 1 fully saturated rings. The maximum absolute atomic E-state index is 13.1. The predicted molar refractivity (Wildman–Crippen MR) is 71.5 cm³/mol. The largest absolute Gasteiger partial charge is 0.352 e. The molecule has 18 heavy (non-hydrogen) atoms. The zero-order valence-corrected chi connectivity index (χ0v) is 11.6. The number of amides is 1. The summed E-state index contributed by atoms with van der Waals surface area (Å²) in [4.78, 5) is 11.9. The summed E-state index contributed by atoms with van der Waals surface area (Å²) in [7, 11) is 0. The summed E-state index contributed by atoms with van der Waals surface area (Å²) in [5.74, 6) is -0.216. The highest BCUT2D eigenvalue weighted by molar-refractivity contribution is 9.10. The van der Waals surface area contributed by atoms with Gasteiger partial charge in [0.25, 0.3) is 0 Å². The number of nitrogens with one attached hydrogen (secondary N) is 2. The van der Waals surface area contributed by atoms with Gasteiger partial charge >= 0.3 is 0 Å². The fourth-order valence-corrected chi connectivity index (χ4v) is 2.47. The molecule has 1 atom stereocenters. The fourth-order valence-electron chi connectivity index (χ4n) is 2.08. The van der Waals surface area contributed by atoms with Gasteiger partial charge in [-0.2, -0.15) is 0 Å². The predicted octanol–water partition coefficient (Wildman–Crippen LogP) is 2.20. The molecule has 1 aliphatic heterocycles. The highest BCUT2D eigenvalue weighted by atomic mass is 79.9. The average molecular weight is 315 g/mol. The third-order valence-electron chi connectivity index (χ3n) is 3.13. The van der Waals surface area contributed by atoms with Crippen molar-refractivity contribution in [1.82, 2.24) is 10.6 Å². The second-order valence-corrected chi connectivity index (χ2v) is 5.35. The van der Waals surface area contributed by atoms with Crippen LogP contribution in [-0.2, 0) is 11.3 Å². The van der Waals surface area contributed by atoms with Crippen LogP contribution >= 0.6 is 15.9 Å². The summed E-state index contributed by atoms with van der Waals surface area (Å²) < 4.78 is 13.9. The third kappa shape index (κ3) is 3.53. The Balaban J connectivity index is 1.90. The lowest BCUT2D eigenvalue weighted by Crippen LogP contribution is -2.40. The number of rotatable bonds is 3. The highest BCUT2D eigenvalue weighted by Gasteiger charge is 2.20. The van der Waals surface area contributed by atoms with E-state index < -0.39 is 0 Å². The fraction of sp³-hybridized carbons (Fsp3) is 0.462. The van der Waals surface area contributed by atoms with Gasteiger partial charge in [0.05, 0.1) is 5.92 Å². The number of hydrogen-bond acceptors (Lipinski definition) is 2. The highest BCUT2D eigenvalue weighted by Crippen LogP contribution is 2.18. The van der Waals surface area contributed by atoms with Gasteiger partial charge in [-0.1, -0.05) is 15.9 Å². The Morgan fingerprint density at radius 1 is 1.56 bits per heavy atom. The quantitative estimate of drug-likeness (QED) is 0.898. The van der Waals surface area contributed by atoms with Crippen molar-refractivity contribution < 1.29 is 9.18 Å². The Morgan fingerprint density at radius 2 is 2.39 bits per heavy atom. The molecule has 0 aliphatic carbocycles. The molecule has 1 aliphatic rings. The number of hydrogen-bond donors (Lipinski definition) is 2. The molecule has 1 aromatic carbocycles. The molecule has 2 N–H and O–H groups in total. The van der Waals surface area contributed by atoms with Gasteiger partial charge in [0.2, 0.25) is 5.91 Å². The van der Waals surface area contributed by atoms with E-state index in [4.69, 9.17) is 0 Å². The monoisotopic (exact) mass is 314 g/mol. The smallest absolute Gasteiger partial charge is 0.224 e. The molecule has 1 unspecified atom stereocenters. The summed E-state index contributed by atoms with van der Waals surface area (Å²) in [5.41, 5.74) is 0.757. The Kier molecular flexibility index (Phi) is 4.72. The van der Waals surface area contributed by atoms with Gasteiger partial charge in [-0.05, 0) is 43.1 Å². The molecular formula is C13H16BrFN2O. The molecule has 0 bridgehead atoms. The first-order valence-corrected chi connectivity index (χ1v) is 6.88. The molecule has 2 rings (SSSR count). The van der Waals surface area contributed by atoms with Crippen molar-refractivity contribution in [2.45, 2.75) is 19.4 Å². The first kappa shape index (κ1) is 13.5. The Labute approximate surface area is 114 Å². The van der Waals surface area contributed by atoms with Crippen LogP contribution in [0.5, 0.6) is 0 Å². The van der Waals surface area contributed by atoms with Gasteiger partial charge in [0, 0.05) is 17.6 Å². The van der Waals surface area contributed by atoms with E-state index in [1.807, 2.05) is 0 Å². The van der Waals surface area contributed by atoms with Crippen LogP contribution in [-0.4, -0.2) is 19.0 Å². The first-order chi connectivity index (χ1) is 8.66. The first-order valence-electron chi connectivity index (χ1n) is 6.09. The van der Waals surface area contributed by atoms with Crippen LogP contribution in [0, 0.1) is 11.7 Å². The van der Waals surface area contributed by atoms with Crippen molar-refractivity contribution in [3.8, 4) is 0 Å². The molecule has 0 saturated carbocycles. The molecule has 0 spiro atoms. The zero-order valence-electron chi connectivity index (χ0n) is 10.0. The van der Waals surface area contributed by atoms with E-state index in [2.05, 4.69) is 26.6 Å². The molecule has 1 heterocycles. The van der Waals surface area contributed by atoms with Crippen LogP contribution in [0.2, 0.25) is 0 Å². The lowest BCUT2D eigenvalue weighted by Gasteiger charge is -2.22. The number of piperidine rings is 1. The van der Waals surface area contributed by atoms with Crippen molar-refractivity contribution in [2.75, 3.05) is 13.1 Å². The summed E-state index contributed by atoms with van der Waals surface area (Å²) in [6.45, 7) is 2.07. The molecule has 0 radical (unpaired) electrons. The normalized spacial score (nSPS) is 19.6. The van der Waals surface area contributed by atoms with Crippen molar-refractivity contribution in [1.29, 1.82) is 0 Å². The Hall–Kier alpha value is -0.940. The van der Waals surface area contributed by atoms with Gasteiger partial charge in [0.15, 0.2) is 0 Å². The maximum atomic E-state index is 13.1. The summed E-state index contributed by atoms with van der Waals surface area (Å²) in [6, 6.07) is 4.48. The lowest BCUT2D eigenvalue weighted by atomic mass is 9.99. The van der Waals surface area contributed by atoms with Crippen molar-refractivity contribution in [2.24, 2.45) is 5.92 Å². The van der Waals surface area contributed by atoms with E-state index in [-0.39, 0.29) is 17.6 Å². The van der Waals surface area contributed by atoms with Crippen LogP contribution in [0.15, 0.2) is 22.7 Å². The minimum Gasteiger partial charge on any atom is -0.352 e. The van der Waals surface area contributed by atoms with Gasteiger partial charge in [-0.25, -0.2) is 4.39 Å². The molecular weight excluding hydrogens is 299 g/mol. The van der Waals surface area contributed by atoms with Gasteiger partial charge in [-0.15, -0.1) is 0 Å². The molecule has 0 aromatic heterocycles. The van der Waals surface area contributed by atoms with E-state index in [0.717, 1.165) is 36.0 Å². The van der Waals surface area contributed by atoms with E-state index >= 15 is 0 Å². The summed E-state index contributed by atoms with van der Waals surface area (Å²) in [6.07, 6.45) is 1.95. The number of carbonyl (C=O) groups is 1. The van der Waals surface area contributed by atoms with Crippen LogP contribution in [0.4, 0.5) is 4.39 Å². The topological polar surface area (TPSA) is 41.1 Å². The molecule has 1 saturated heterocycles. The minimum atomic E-state index is -0.290. The molecule has 1 amide bonds. The number of benzene rings is 1. The zero-order chi connectivity index (χ0) is 13.0. The molecule has 5 heteroatoms. The van der Waals surface area contributed by atoms with Crippen LogP contribution in [0.3, 0.4) is 0 Å². The van der Waals surface area contributed by atoms with E-state index in [0.29, 0.717) is 6.54 Å². The van der Waals surface area contributed by atoms with Crippen LogP contribution in [0.25, 0.3) is 0 Å².